The molecule has 0 saturated heterocycles. The van der Waals surface area contributed by atoms with E-state index in [-0.39, 0.29) is 0 Å². The molecule has 2 rings (SSSR count). The molecule has 1 aliphatic rings. The predicted octanol–water partition coefficient (Wildman–Crippen LogP) is 1.18. The van der Waals surface area contributed by atoms with Crippen molar-refractivity contribution in [1.29, 1.82) is 0 Å². The van der Waals surface area contributed by atoms with E-state index in [0.717, 1.165) is 12.5 Å². The molecule has 1 aromatic rings. The Hall–Kier alpha value is -1.63. The van der Waals surface area contributed by atoms with Crippen LogP contribution in [-0.2, 0) is 0 Å². The Bertz CT molecular complexity index is 421. The van der Waals surface area contributed by atoms with Gasteiger partial charge in [-0.3, -0.25) is 5.43 Å². The zero-order valence-corrected chi connectivity index (χ0v) is 11.8. The maximum absolute atomic E-state index is 5.40. The first-order valence-corrected chi connectivity index (χ1v) is 6.76. The van der Waals surface area contributed by atoms with Crippen LogP contribution in [-0.4, -0.2) is 34.1 Å². The number of rotatable bonds is 7. The van der Waals surface area contributed by atoms with Crippen molar-refractivity contribution in [3.05, 3.63) is 0 Å². The molecule has 0 amide bonds. The van der Waals surface area contributed by atoms with Gasteiger partial charge in [-0.25, -0.2) is 5.84 Å². The summed E-state index contributed by atoms with van der Waals surface area (Å²) < 4.78 is 5.36. The zero-order chi connectivity index (χ0) is 13.8. The predicted molar refractivity (Wildman–Crippen MR) is 74.0 cm³/mol. The van der Waals surface area contributed by atoms with Gasteiger partial charge in [0.2, 0.25) is 11.9 Å². The topological polar surface area (TPSA) is 89.2 Å². The second-order valence-corrected chi connectivity index (χ2v) is 5.01. The first kappa shape index (κ1) is 13.8. The van der Waals surface area contributed by atoms with Crippen LogP contribution in [0.4, 0.5) is 11.9 Å². The molecule has 1 fully saturated rings. The van der Waals surface area contributed by atoms with Crippen LogP contribution >= 0.6 is 0 Å². The third kappa shape index (κ3) is 3.66. The summed E-state index contributed by atoms with van der Waals surface area (Å²) in [6.07, 6.45) is 2.57. The zero-order valence-electron chi connectivity index (χ0n) is 11.8. The van der Waals surface area contributed by atoms with Crippen LogP contribution in [0.25, 0.3) is 0 Å². The highest BCUT2D eigenvalue weighted by atomic mass is 16.5. The standard InChI is InChI=1S/C12H22N6O/c1-4-19-12-15-10(17-13)14-11(16-12)18(8(2)3)7-9-5-6-9/h8-9H,4-7,13H2,1-3H3,(H,14,15,16,17). The molecule has 19 heavy (non-hydrogen) atoms. The summed E-state index contributed by atoms with van der Waals surface area (Å²) in [6, 6.07) is 0.630. The van der Waals surface area contributed by atoms with Gasteiger partial charge >= 0.3 is 6.01 Å². The second-order valence-electron chi connectivity index (χ2n) is 5.01. The molecule has 0 radical (unpaired) electrons. The van der Waals surface area contributed by atoms with Crippen LogP contribution in [0.3, 0.4) is 0 Å². The van der Waals surface area contributed by atoms with Crippen molar-refractivity contribution in [3.8, 4) is 6.01 Å². The lowest BCUT2D eigenvalue weighted by Crippen LogP contribution is -2.34. The van der Waals surface area contributed by atoms with Crippen LogP contribution in [0.15, 0.2) is 0 Å². The van der Waals surface area contributed by atoms with E-state index in [0.29, 0.717) is 30.6 Å². The van der Waals surface area contributed by atoms with Crippen molar-refractivity contribution >= 4 is 11.9 Å². The number of hydrazine groups is 1. The molecule has 1 aromatic heterocycles. The normalized spacial score (nSPS) is 14.6. The molecule has 0 unspecified atom stereocenters. The van der Waals surface area contributed by atoms with E-state index >= 15 is 0 Å². The number of nitrogens with zero attached hydrogens (tertiary/aromatic N) is 4. The number of nitrogen functional groups attached to an aromatic ring is 1. The number of ether oxygens (including phenoxy) is 1. The fourth-order valence-corrected chi connectivity index (χ4v) is 1.83. The van der Waals surface area contributed by atoms with Gasteiger partial charge in [-0.2, -0.15) is 15.0 Å². The van der Waals surface area contributed by atoms with E-state index in [2.05, 4.69) is 39.1 Å². The van der Waals surface area contributed by atoms with E-state index in [1.54, 1.807) is 0 Å². The number of anilines is 2. The van der Waals surface area contributed by atoms with Crippen LogP contribution in [0.2, 0.25) is 0 Å². The molecule has 0 atom stereocenters. The summed E-state index contributed by atoms with van der Waals surface area (Å²) in [5.74, 6) is 7.10. The minimum absolute atomic E-state index is 0.307. The molecule has 1 aliphatic carbocycles. The highest BCUT2D eigenvalue weighted by molar-refractivity contribution is 5.38. The SMILES string of the molecule is CCOc1nc(NN)nc(N(CC2CC2)C(C)C)n1. The molecule has 3 N–H and O–H groups in total. The Balaban J connectivity index is 2.25. The van der Waals surface area contributed by atoms with Gasteiger partial charge in [0.15, 0.2) is 0 Å². The Labute approximate surface area is 113 Å². The van der Waals surface area contributed by atoms with E-state index in [1.807, 2.05) is 6.92 Å². The highest BCUT2D eigenvalue weighted by Gasteiger charge is 2.27. The number of nitrogens with one attached hydrogen (secondary N) is 1. The van der Waals surface area contributed by atoms with Gasteiger partial charge in [0.05, 0.1) is 6.61 Å². The third-order valence-corrected chi connectivity index (χ3v) is 3.04. The van der Waals surface area contributed by atoms with Crippen LogP contribution in [0.5, 0.6) is 6.01 Å². The number of hydrogen-bond donors (Lipinski definition) is 2. The van der Waals surface area contributed by atoms with E-state index < -0.39 is 0 Å². The summed E-state index contributed by atoms with van der Waals surface area (Å²) >= 11 is 0. The summed E-state index contributed by atoms with van der Waals surface area (Å²) in [6.45, 7) is 7.63. The lowest BCUT2D eigenvalue weighted by atomic mass is 10.3. The molecule has 0 bridgehead atoms. The largest absolute Gasteiger partial charge is 0.464 e. The van der Waals surface area contributed by atoms with Gasteiger partial charge in [-0.05, 0) is 39.5 Å². The Morgan fingerprint density at radius 2 is 2.11 bits per heavy atom. The molecular weight excluding hydrogens is 244 g/mol. The van der Waals surface area contributed by atoms with Crippen LogP contribution in [0.1, 0.15) is 33.6 Å². The smallest absolute Gasteiger partial charge is 0.323 e. The fraction of sp³-hybridized carbons (Fsp3) is 0.750. The lowest BCUT2D eigenvalue weighted by molar-refractivity contribution is 0.311. The molecule has 0 aliphatic heterocycles. The average Bonchev–Trinajstić information content (AvgIpc) is 3.19. The van der Waals surface area contributed by atoms with Crippen LogP contribution in [0, 0.1) is 5.92 Å². The monoisotopic (exact) mass is 266 g/mol. The van der Waals surface area contributed by atoms with Gasteiger partial charge in [-0.1, -0.05) is 0 Å². The Morgan fingerprint density at radius 3 is 2.63 bits per heavy atom. The molecule has 7 heteroatoms. The van der Waals surface area contributed by atoms with Gasteiger partial charge in [-0.15, -0.1) is 0 Å². The van der Waals surface area contributed by atoms with E-state index in [9.17, 15) is 0 Å². The second kappa shape index (κ2) is 6.01. The van der Waals surface area contributed by atoms with Crippen molar-refractivity contribution in [2.75, 3.05) is 23.5 Å². The minimum atomic E-state index is 0.307. The van der Waals surface area contributed by atoms with Crippen molar-refractivity contribution in [1.82, 2.24) is 15.0 Å². The van der Waals surface area contributed by atoms with Crippen molar-refractivity contribution in [2.24, 2.45) is 11.8 Å². The summed E-state index contributed by atoms with van der Waals surface area (Å²) in [7, 11) is 0. The van der Waals surface area contributed by atoms with Crippen molar-refractivity contribution < 1.29 is 4.74 Å². The fourth-order valence-electron chi connectivity index (χ4n) is 1.83. The summed E-state index contributed by atoms with van der Waals surface area (Å²) in [4.78, 5) is 14.9. The Kier molecular flexibility index (Phi) is 4.36. The number of hydrogen-bond acceptors (Lipinski definition) is 7. The minimum Gasteiger partial charge on any atom is -0.464 e. The molecule has 0 spiro atoms. The summed E-state index contributed by atoms with van der Waals surface area (Å²) in [5, 5.41) is 0. The molecule has 1 heterocycles. The summed E-state index contributed by atoms with van der Waals surface area (Å²) in [5.41, 5.74) is 2.46. The van der Waals surface area contributed by atoms with Gasteiger partial charge < -0.3 is 9.64 Å². The maximum atomic E-state index is 5.40. The molecular formula is C12H22N6O. The third-order valence-electron chi connectivity index (χ3n) is 3.04. The first-order chi connectivity index (χ1) is 9.13. The average molecular weight is 266 g/mol. The molecule has 7 nitrogen and oxygen atoms in total. The molecule has 106 valence electrons. The highest BCUT2D eigenvalue weighted by Crippen LogP contribution is 2.31. The number of nitrogens with two attached hydrogens (primary N) is 1. The molecule has 0 aromatic carbocycles. The maximum Gasteiger partial charge on any atom is 0.323 e. The number of aromatic nitrogens is 3. The van der Waals surface area contributed by atoms with Gasteiger partial charge in [0.1, 0.15) is 0 Å². The first-order valence-electron chi connectivity index (χ1n) is 6.76. The van der Waals surface area contributed by atoms with Gasteiger partial charge in [0, 0.05) is 12.6 Å². The van der Waals surface area contributed by atoms with E-state index in [4.69, 9.17) is 10.6 Å². The van der Waals surface area contributed by atoms with Crippen molar-refractivity contribution in [3.63, 3.8) is 0 Å². The quantitative estimate of drug-likeness (QED) is 0.565. The van der Waals surface area contributed by atoms with Crippen molar-refractivity contribution in [2.45, 2.75) is 39.7 Å². The molecule has 1 saturated carbocycles. The van der Waals surface area contributed by atoms with Crippen LogP contribution < -0.4 is 20.9 Å². The Morgan fingerprint density at radius 1 is 1.37 bits per heavy atom. The lowest BCUT2D eigenvalue weighted by Gasteiger charge is -2.26. The van der Waals surface area contributed by atoms with Gasteiger partial charge in [0.25, 0.3) is 0 Å². The van der Waals surface area contributed by atoms with E-state index in [1.165, 1.54) is 12.8 Å².